The van der Waals surface area contributed by atoms with Crippen LogP contribution in [-0.2, 0) is 4.79 Å². The van der Waals surface area contributed by atoms with E-state index in [0.717, 1.165) is 0 Å². The maximum absolute atomic E-state index is 10.1. The third kappa shape index (κ3) is 7.29. The number of carboxylic acids is 1. The van der Waals surface area contributed by atoms with Crippen LogP contribution in [0.25, 0.3) is 0 Å². The average molecular weight is 161 g/mol. The van der Waals surface area contributed by atoms with Crippen molar-refractivity contribution in [2.75, 3.05) is 6.54 Å². The SMILES string of the molecule is CC(C)NC[C@H](O)CC(=O)O. The molecule has 4 nitrogen and oxygen atoms in total. The van der Waals surface area contributed by atoms with Crippen LogP contribution in [-0.4, -0.2) is 34.9 Å². The van der Waals surface area contributed by atoms with E-state index in [9.17, 15) is 4.79 Å². The lowest BCUT2D eigenvalue weighted by atomic mass is 10.2. The highest BCUT2D eigenvalue weighted by Crippen LogP contribution is 1.89. The fourth-order valence-electron chi connectivity index (χ4n) is 0.645. The van der Waals surface area contributed by atoms with E-state index in [2.05, 4.69) is 5.32 Å². The molecule has 66 valence electrons. The number of aliphatic hydroxyl groups excluding tert-OH is 1. The molecule has 1 atom stereocenters. The summed E-state index contributed by atoms with van der Waals surface area (Å²) in [5.74, 6) is -0.969. The molecule has 0 unspecified atom stereocenters. The number of aliphatic hydroxyl groups is 1. The predicted molar refractivity (Wildman–Crippen MR) is 41.4 cm³/mol. The van der Waals surface area contributed by atoms with E-state index in [1.54, 1.807) is 0 Å². The standard InChI is InChI=1S/C7H15NO3/c1-5(2)8-4-6(9)3-7(10)11/h5-6,8-9H,3-4H2,1-2H3,(H,10,11)/t6-/m1/s1. The van der Waals surface area contributed by atoms with Crippen molar-refractivity contribution in [1.29, 1.82) is 0 Å². The van der Waals surface area contributed by atoms with E-state index in [1.165, 1.54) is 0 Å². The van der Waals surface area contributed by atoms with Gasteiger partial charge < -0.3 is 15.5 Å². The Balaban J connectivity index is 3.37. The van der Waals surface area contributed by atoms with Crippen LogP contribution in [0.1, 0.15) is 20.3 Å². The van der Waals surface area contributed by atoms with Gasteiger partial charge in [-0.05, 0) is 0 Å². The maximum Gasteiger partial charge on any atom is 0.306 e. The molecule has 0 saturated carbocycles. The Labute approximate surface area is 66.2 Å². The Morgan fingerprint density at radius 3 is 2.45 bits per heavy atom. The van der Waals surface area contributed by atoms with Crippen LogP contribution in [0.5, 0.6) is 0 Å². The molecular weight excluding hydrogens is 146 g/mol. The molecule has 0 radical (unpaired) electrons. The highest BCUT2D eigenvalue weighted by atomic mass is 16.4. The lowest BCUT2D eigenvalue weighted by Gasteiger charge is -2.11. The van der Waals surface area contributed by atoms with Gasteiger partial charge in [-0.15, -0.1) is 0 Å². The van der Waals surface area contributed by atoms with Gasteiger partial charge in [-0.2, -0.15) is 0 Å². The lowest BCUT2D eigenvalue weighted by Crippen LogP contribution is -2.33. The Hall–Kier alpha value is -0.610. The summed E-state index contributed by atoms with van der Waals surface area (Å²) in [6, 6.07) is 0.276. The van der Waals surface area contributed by atoms with Crippen LogP contribution in [0.4, 0.5) is 0 Å². The van der Waals surface area contributed by atoms with Crippen molar-refractivity contribution in [3.05, 3.63) is 0 Å². The van der Waals surface area contributed by atoms with Gasteiger partial charge in [0.1, 0.15) is 0 Å². The molecular formula is C7H15NO3. The molecule has 11 heavy (non-hydrogen) atoms. The van der Waals surface area contributed by atoms with E-state index >= 15 is 0 Å². The summed E-state index contributed by atoms with van der Waals surface area (Å²) in [5.41, 5.74) is 0. The van der Waals surface area contributed by atoms with Crippen LogP contribution in [0, 0.1) is 0 Å². The first kappa shape index (κ1) is 10.4. The third-order valence-corrected chi connectivity index (χ3v) is 1.17. The van der Waals surface area contributed by atoms with E-state index in [0.29, 0.717) is 6.54 Å². The van der Waals surface area contributed by atoms with Crippen LogP contribution < -0.4 is 5.32 Å². The van der Waals surface area contributed by atoms with Crippen molar-refractivity contribution in [2.24, 2.45) is 0 Å². The molecule has 0 rings (SSSR count). The monoisotopic (exact) mass is 161 g/mol. The minimum absolute atomic E-state index is 0.195. The molecule has 4 heteroatoms. The molecule has 0 bridgehead atoms. The zero-order valence-electron chi connectivity index (χ0n) is 6.87. The van der Waals surface area contributed by atoms with Gasteiger partial charge in [-0.1, -0.05) is 13.8 Å². The Bertz CT molecular complexity index is 125. The van der Waals surface area contributed by atoms with Gasteiger partial charge in [0.2, 0.25) is 0 Å². The molecule has 3 N–H and O–H groups in total. The normalized spacial score (nSPS) is 13.5. The van der Waals surface area contributed by atoms with Crippen molar-refractivity contribution in [1.82, 2.24) is 5.32 Å². The zero-order chi connectivity index (χ0) is 8.85. The molecule has 0 aromatic heterocycles. The fourth-order valence-corrected chi connectivity index (χ4v) is 0.645. The second-order valence-electron chi connectivity index (χ2n) is 2.81. The summed E-state index contributed by atoms with van der Waals surface area (Å²) in [6.07, 6.45) is -0.977. The largest absolute Gasteiger partial charge is 0.481 e. The van der Waals surface area contributed by atoms with Crippen molar-refractivity contribution < 1.29 is 15.0 Å². The highest BCUT2D eigenvalue weighted by molar-refractivity contribution is 5.67. The first-order chi connectivity index (χ1) is 5.02. The van der Waals surface area contributed by atoms with Crippen LogP contribution >= 0.6 is 0 Å². The van der Waals surface area contributed by atoms with Gasteiger partial charge in [-0.25, -0.2) is 0 Å². The Kier molecular flexibility index (Phi) is 4.81. The number of carbonyl (C=O) groups is 1. The first-order valence-electron chi connectivity index (χ1n) is 3.65. The summed E-state index contributed by atoms with van der Waals surface area (Å²) >= 11 is 0. The molecule has 0 aliphatic rings. The molecule has 0 spiro atoms. The van der Waals surface area contributed by atoms with Gasteiger partial charge in [0.25, 0.3) is 0 Å². The number of aliphatic carboxylic acids is 1. The van der Waals surface area contributed by atoms with E-state index in [-0.39, 0.29) is 12.5 Å². The maximum atomic E-state index is 10.1. The smallest absolute Gasteiger partial charge is 0.306 e. The number of rotatable bonds is 5. The number of nitrogens with one attached hydrogen (secondary N) is 1. The van der Waals surface area contributed by atoms with Gasteiger partial charge in [-0.3, -0.25) is 4.79 Å². The minimum atomic E-state index is -0.969. The molecule has 0 aliphatic heterocycles. The van der Waals surface area contributed by atoms with Crippen molar-refractivity contribution in [2.45, 2.75) is 32.4 Å². The third-order valence-electron chi connectivity index (χ3n) is 1.17. The fraction of sp³-hybridized carbons (Fsp3) is 0.857. The van der Waals surface area contributed by atoms with Crippen LogP contribution in [0.3, 0.4) is 0 Å². The predicted octanol–water partition coefficient (Wildman–Crippen LogP) is -0.180. The van der Waals surface area contributed by atoms with Crippen LogP contribution in [0.15, 0.2) is 0 Å². The quantitative estimate of drug-likeness (QED) is 0.523. The zero-order valence-corrected chi connectivity index (χ0v) is 6.87. The molecule has 0 aliphatic carbocycles. The summed E-state index contributed by atoms with van der Waals surface area (Å²) < 4.78 is 0. The molecule has 0 aromatic rings. The summed E-state index contributed by atoms with van der Waals surface area (Å²) in [7, 11) is 0. The molecule has 0 aromatic carbocycles. The summed E-state index contributed by atoms with van der Waals surface area (Å²) in [4.78, 5) is 10.1. The Morgan fingerprint density at radius 1 is 1.55 bits per heavy atom. The Morgan fingerprint density at radius 2 is 2.09 bits per heavy atom. The minimum Gasteiger partial charge on any atom is -0.481 e. The molecule has 0 saturated heterocycles. The number of hydrogen-bond donors (Lipinski definition) is 3. The van der Waals surface area contributed by atoms with Gasteiger partial charge in [0.15, 0.2) is 0 Å². The second kappa shape index (κ2) is 5.09. The lowest BCUT2D eigenvalue weighted by molar-refractivity contribution is -0.139. The summed E-state index contributed by atoms with van der Waals surface area (Å²) in [6.45, 7) is 4.21. The van der Waals surface area contributed by atoms with Crippen molar-refractivity contribution in [3.63, 3.8) is 0 Å². The van der Waals surface area contributed by atoms with Crippen LogP contribution in [0.2, 0.25) is 0 Å². The topological polar surface area (TPSA) is 69.6 Å². The number of carboxylic acid groups (broad SMARTS) is 1. The molecule has 0 heterocycles. The average Bonchev–Trinajstić information content (AvgIpc) is 1.82. The van der Waals surface area contributed by atoms with Gasteiger partial charge in [0, 0.05) is 12.6 Å². The van der Waals surface area contributed by atoms with Crippen molar-refractivity contribution in [3.8, 4) is 0 Å². The molecule has 0 fully saturated rings. The van der Waals surface area contributed by atoms with Gasteiger partial charge >= 0.3 is 5.97 Å². The summed E-state index contributed by atoms with van der Waals surface area (Å²) in [5, 5.41) is 20.2. The van der Waals surface area contributed by atoms with E-state index in [4.69, 9.17) is 10.2 Å². The van der Waals surface area contributed by atoms with Crippen molar-refractivity contribution >= 4 is 5.97 Å². The first-order valence-corrected chi connectivity index (χ1v) is 3.65. The second-order valence-corrected chi connectivity index (χ2v) is 2.81. The van der Waals surface area contributed by atoms with E-state index < -0.39 is 12.1 Å². The highest BCUT2D eigenvalue weighted by Gasteiger charge is 2.08. The number of hydrogen-bond acceptors (Lipinski definition) is 3. The van der Waals surface area contributed by atoms with Gasteiger partial charge in [0.05, 0.1) is 12.5 Å². The molecule has 0 amide bonds. The van der Waals surface area contributed by atoms with E-state index in [1.807, 2.05) is 13.8 Å².